The summed E-state index contributed by atoms with van der Waals surface area (Å²) in [6.07, 6.45) is 13.2. The molecule has 0 saturated heterocycles. The second-order valence-electron chi connectivity index (χ2n) is 4.51. The van der Waals surface area contributed by atoms with Gasteiger partial charge in [0, 0.05) is 6.20 Å². The molecule has 0 amide bonds. The lowest BCUT2D eigenvalue weighted by atomic mass is 10.1. The Bertz CT molecular complexity index is 285. The highest BCUT2D eigenvalue weighted by Crippen LogP contribution is 2.26. The quantitative estimate of drug-likeness (QED) is 0.773. The summed E-state index contributed by atoms with van der Waals surface area (Å²) in [5.41, 5.74) is 6.82. The molecule has 1 fully saturated rings. The van der Waals surface area contributed by atoms with Crippen LogP contribution in [-0.2, 0) is 6.42 Å². The van der Waals surface area contributed by atoms with E-state index in [0.717, 1.165) is 13.0 Å². The minimum atomic E-state index is 0.638. The van der Waals surface area contributed by atoms with Crippen LogP contribution in [0.4, 0.5) is 0 Å². The first kappa shape index (κ1) is 10.7. The van der Waals surface area contributed by atoms with Crippen LogP contribution in [0.15, 0.2) is 12.4 Å². The van der Waals surface area contributed by atoms with E-state index in [1.165, 1.54) is 44.1 Å². The topological polar surface area (TPSA) is 43.8 Å². The van der Waals surface area contributed by atoms with E-state index in [4.69, 9.17) is 5.73 Å². The Morgan fingerprint density at radius 3 is 2.67 bits per heavy atom. The van der Waals surface area contributed by atoms with Gasteiger partial charge in [0.05, 0.1) is 12.2 Å². The highest BCUT2D eigenvalue weighted by molar-refractivity contribution is 5.05. The van der Waals surface area contributed by atoms with Crippen molar-refractivity contribution in [1.82, 2.24) is 9.78 Å². The Labute approximate surface area is 91.7 Å². The molecular formula is C12H21N3. The largest absolute Gasteiger partial charge is 0.330 e. The molecule has 2 N–H and O–H groups in total. The first-order valence-corrected chi connectivity index (χ1v) is 6.13. The van der Waals surface area contributed by atoms with Crippen molar-refractivity contribution in [2.24, 2.45) is 5.73 Å². The monoisotopic (exact) mass is 207 g/mol. The molecule has 0 bridgehead atoms. The SMILES string of the molecule is NCCc1cnn(C2CCCCCC2)c1. The van der Waals surface area contributed by atoms with E-state index in [1.54, 1.807) is 0 Å². The standard InChI is InChI=1S/C12H21N3/c13-8-7-11-9-14-15(10-11)12-5-3-1-2-4-6-12/h9-10,12H,1-8,13H2. The Balaban J connectivity index is 2.00. The minimum absolute atomic E-state index is 0.638. The van der Waals surface area contributed by atoms with Gasteiger partial charge in [0.2, 0.25) is 0 Å². The molecule has 2 rings (SSSR count). The first-order valence-electron chi connectivity index (χ1n) is 6.13. The molecule has 84 valence electrons. The zero-order valence-corrected chi connectivity index (χ0v) is 9.36. The van der Waals surface area contributed by atoms with Gasteiger partial charge >= 0.3 is 0 Å². The van der Waals surface area contributed by atoms with E-state index >= 15 is 0 Å². The summed E-state index contributed by atoms with van der Waals surface area (Å²) < 4.78 is 2.16. The molecule has 1 saturated carbocycles. The highest BCUT2D eigenvalue weighted by Gasteiger charge is 2.14. The van der Waals surface area contributed by atoms with E-state index < -0.39 is 0 Å². The normalized spacial score (nSPS) is 19.0. The van der Waals surface area contributed by atoms with Crippen LogP contribution >= 0.6 is 0 Å². The predicted octanol–water partition coefficient (Wildman–Crippen LogP) is 2.28. The van der Waals surface area contributed by atoms with Crippen molar-refractivity contribution < 1.29 is 0 Å². The highest BCUT2D eigenvalue weighted by atomic mass is 15.3. The fraction of sp³-hybridized carbons (Fsp3) is 0.750. The van der Waals surface area contributed by atoms with E-state index in [9.17, 15) is 0 Å². The molecule has 0 aromatic carbocycles. The van der Waals surface area contributed by atoms with Crippen molar-refractivity contribution in [1.29, 1.82) is 0 Å². The number of aromatic nitrogens is 2. The maximum absolute atomic E-state index is 5.54. The smallest absolute Gasteiger partial charge is 0.0522 e. The Morgan fingerprint density at radius 2 is 2.00 bits per heavy atom. The van der Waals surface area contributed by atoms with Crippen LogP contribution in [0.2, 0.25) is 0 Å². The fourth-order valence-corrected chi connectivity index (χ4v) is 2.40. The van der Waals surface area contributed by atoms with Crippen LogP contribution in [0.3, 0.4) is 0 Å². The number of rotatable bonds is 3. The number of hydrogen-bond donors (Lipinski definition) is 1. The van der Waals surface area contributed by atoms with Crippen molar-refractivity contribution in [2.75, 3.05) is 6.54 Å². The Morgan fingerprint density at radius 1 is 1.27 bits per heavy atom. The van der Waals surface area contributed by atoms with Gasteiger partial charge in [-0.25, -0.2) is 0 Å². The summed E-state index contributed by atoms with van der Waals surface area (Å²) >= 11 is 0. The van der Waals surface area contributed by atoms with Crippen LogP contribution in [0, 0.1) is 0 Å². The van der Waals surface area contributed by atoms with Gasteiger partial charge < -0.3 is 5.73 Å². The average molecular weight is 207 g/mol. The van der Waals surface area contributed by atoms with Crippen LogP contribution < -0.4 is 5.73 Å². The molecule has 1 aliphatic carbocycles. The van der Waals surface area contributed by atoms with Gasteiger partial charge in [-0.3, -0.25) is 4.68 Å². The third kappa shape index (κ3) is 2.81. The summed E-state index contributed by atoms with van der Waals surface area (Å²) in [7, 11) is 0. The van der Waals surface area contributed by atoms with Gasteiger partial charge in [-0.05, 0) is 31.4 Å². The molecular weight excluding hydrogens is 186 g/mol. The third-order valence-corrected chi connectivity index (χ3v) is 3.29. The summed E-state index contributed by atoms with van der Waals surface area (Å²) in [5.74, 6) is 0. The van der Waals surface area contributed by atoms with Gasteiger partial charge in [-0.1, -0.05) is 25.7 Å². The van der Waals surface area contributed by atoms with Gasteiger partial charge in [0.1, 0.15) is 0 Å². The summed E-state index contributed by atoms with van der Waals surface area (Å²) in [4.78, 5) is 0. The van der Waals surface area contributed by atoms with Crippen molar-refractivity contribution in [2.45, 2.75) is 51.0 Å². The summed E-state index contributed by atoms with van der Waals surface area (Å²) in [6, 6.07) is 0.638. The predicted molar refractivity (Wildman–Crippen MR) is 61.7 cm³/mol. The second-order valence-corrected chi connectivity index (χ2v) is 4.51. The van der Waals surface area contributed by atoms with Gasteiger partial charge in [-0.15, -0.1) is 0 Å². The molecule has 3 heteroatoms. The van der Waals surface area contributed by atoms with E-state index in [1.807, 2.05) is 6.20 Å². The second kappa shape index (κ2) is 5.31. The van der Waals surface area contributed by atoms with Crippen molar-refractivity contribution in [3.8, 4) is 0 Å². The van der Waals surface area contributed by atoms with Gasteiger partial charge in [-0.2, -0.15) is 5.10 Å². The van der Waals surface area contributed by atoms with Crippen LogP contribution in [-0.4, -0.2) is 16.3 Å². The summed E-state index contributed by atoms with van der Waals surface area (Å²) in [6.45, 7) is 0.719. The number of nitrogens with two attached hydrogens (primary N) is 1. The minimum Gasteiger partial charge on any atom is -0.330 e. The first-order chi connectivity index (χ1) is 7.40. The average Bonchev–Trinajstić information content (AvgIpc) is 2.53. The Kier molecular flexibility index (Phi) is 3.78. The maximum atomic E-state index is 5.54. The van der Waals surface area contributed by atoms with Crippen LogP contribution in [0.25, 0.3) is 0 Å². The van der Waals surface area contributed by atoms with E-state index in [0.29, 0.717) is 6.04 Å². The zero-order chi connectivity index (χ0) is 10.5. The zero-order valence-electron chi connectivity index (χ0n) is 9.36. The van der Waals surface area contributed by atoms with Gasteiger partial charge in [0.15, 0.2) is 0 Å². The lowest BCUT2D eigenvalue weighted by Crippen LogP contribution is -2.08. The van der Waals surface area contributed by atoms with Crippen molar-refractivity contribution >= 4 is 0 Å². The third-order valence-electron chi connectivity index (χ3n) is 3.29. The molecule has 0 aliphatic heterocycles. The van der Waals surface area contributed by atoms with E-state index in [2.05, 4.69) is 16.0 Å². The molecule has 0 atom stereocenters. The van der Waals surface area contributed by atoms with Crippen molar-refractivity contribution in [3.05, 3.63) is 18.0 Å². The molecule has 15 heavy (non-hydrogen) atoms. The number of hydrogen-bond acceptors (Lipinski definition) is 2. The molecule has 0 unspecified atom stereocenters. The molecule has 0 spiro atoms. The fourth-order valence-electron chi connectivity index (χ4n) is 2.40. The van der Waals surface area contributed by atoms with E-state index in [-0.39, 0.29) is 0 Å². The molecule has 1 aromatic heterocycles. The summed E-state index contributed by atoms with van der Waals surface area (Å²) in [5, 5.41) is 4.46. The van der Waals surface area contributed by atoms with Crippen LogP contribution in [0.1, 0.15) is 50.1 Å². The maximum Gasteiger partial charge on any atom is 0.0522 e. The number of nitrogens with zero attached hydrogens (tertiary/aromatic N) is 2. The lowest BCUT2D eigenvalue weighted by molar-refractivity contribution is 0.405. The molecule has 1 heterocycles. The molecule has 0 radical (unpaired) electrons. The van der Waals surface area contributed by atoms with Crippen LogP contribution in [0.5, 0.6) is 0 Å². The van der Waals surface area contributed by atoms with Crippen molar-refractivity contribution in [3.63, 3.8) is 0 Å². The molecule has 1 aliphatic rings. The molecule has 1 aromatic rings. The Hall–Kier alpha value is -0.830. The lowest BCUT2D eigenvalue weighted by Gasteiger charge is -2.14. The molecule has 3 nitrogen and oxygen atoms in total. The van der Waals surface area contributed by atoms with Gasteiger partial charge in [0.25, 0.3) is 0 Å².